The first-order valence-corrected chi connectivity index (χ1v) is 6.72. The molecule has 0 saturated heterocycles. The van der Waals surface area contributed by atoms with Gasteiger partial charge >= 0.3 is 0 Å². The zero-order chi connectivity index (χ0) is 15.4. The minimum Gasteiger partial charge on any atom is -0.503 e. The number of methoxy groups -OCH3 is 1. The summed E-state index contributed by atoms with van der Waals surface area (Å²) in [5.41, 5.74) is 3.66. The maximum absolute atomic E-state index is 11.3. The molecule has 7 nitrogen and oxygen atoms in total. The normalized spacial score (nSPS) is 10.8. The van der Waals surface area contributed by atoms with Gasteiger partial charge < -0.3 is 9.84 Å². The van der Waals surface area contributed by atoms with Gasteiger partial charge in [-0.15, -0.1) is 0 Å². The molecule has 3 N–H and O–H groups in total. The minimum atomic E-state index is -0.255. The highest BCUT2D eigenvalue weighted by atomic mass is 79.9. The molecule has 0 fully saturated rings. The van der Waals surface area contributed by atoms with Gasteiger partial charge in [-0.05, 0) is 40.5 Å². The summed E-state index contributed by atoms with van der Waals surface area (Å²) in [6.07, 6.45) is 1.51. The molecule has 0 bridgehead atoms. The van der Waals surface area contributed by atoms with Crippen molar-refractivity contribution in [3.63, 3.8) is 0 Å². The number of anilines is 1. The summed E-state index contributed by atoms with van der Waals surface area (Å²) in [6, 6.07) is 4.68. The van der Waals surface area contributed by atoms with E-state index < -0.39 is 0 Å². The summed E-state index contributed by atoms with van der Waals surface area (Å²) >= 11 is 3.22. The second kappa shape index (κ2) is 6.40. The van der Waals surface area contributed by atoms with Gasteiger partial charge in [0.15, 0.2) is 11.5 Å². The zero-order valence-corrected chi connectivity index (χ0v) is 12.9. The van der Waals surface area contributed by atoms with Crippen LogP contribution in [-0.4, -0.2) is 28.4 Å². The highest BCUT2D eigenvalue weighted by Crippen LogP contribution is 2.34. The van der Waals surface area contributed by atoms with Crippen LogP contribution in [0, 0.1) is 6.92 Å². The molecule has 0 aliphatic carbocycles. The monoisotopic (exact) mass is 352 g/mol. The predicted molar refractivity (Wildman–Crippen MR) is 83.2 cm³/mol. The number of H-pyrrole nitrogens is 1. The van der Waals surface area contributed by atoms with E-state index in [9.17, 15) is 9.90 Å². The number of aromatic amines is 1. The lowest BCUT2D eigenvalue weighted by Crippen LogP contribution is -2.10. The number of ether oxygens (including phenoxy) is 1. The number of nitrogens with zero attached hydrogens (tertiary/aromatic N) is 2. The van der Waals surface area contributed by atoms with Crippen molar-refractivity contribution in [3.8, 4) is 11.5 Å². The first-order valence-electron chi connectivity index (χ1n) is 5.93. The van der Waals surface area contributed by atoms with E-state index in [4.69, 9.17) is 4.74 Å². The Morgan fingerprint density at radius 1 is 1.48 bits per heavy atom. The van der Waals surface area contributed by atoms with Crippen LogP contribution < -0.4 is 15.7 Å². The number of nitrogens with one attached hydrogen (secondary N) is 2. The maximum atomic E-state index is 11.3. The molecule has 8 heteroatoms. The van der Waals surface area contributed by atoms with Crippen LogP contribution in [0.1, 0.15) is 11.3 Å². The summed E-state index contributed by atoms with van der Waals surface area (Å²) < 4.78 is 5.53. The minimum absolute atomic E-state index is 0.0206. The SMILES string of the molecule is COc1cc(/C=N/Nc2nc(C)cc(=O)[nH]2)cc(Br)c1O. The molecule has 2 rings (SSSR count). The Labute approximate surface area is 128 Å². The number of phenolic OH excluding ortho intramolecular Hbond substituents is 1. The molecular weight excluding hydrogens is 340 g/mol. The number of aryl methyl sites for hydroxylation is 1. The smallest absolute Gasteiger partial charge is 0.252 e. The lowest BCUT2D eigenvalue weighted by molar-refractivity contribution is 0.372. The fourth-order valence-corrected chi connectivity index (χ4v) is 2.08. The molecule has 0 unspecified atom stereocenters. The second-order valence-corrected chi connectivity index (χ2v) is 5.01. The molecular formula is C13H13BrN4O3. The van der Waals surface area contributed by atoms with Crippen LogP contribution in [0.15, 0.2) is 32.6 Å². The average molecular weight is 353 g/mol. The van der Waals surface area contributed by atoms with E-state index in [1.807, 2.05) is 0 Å². The fraction of sp³-hybridized carbons (Fsp3) is 0.154. The molecule has 1 aromatic carbocycles. The molecule has 0 amide bonds. The lowest BCUT2D eigenvalue weighted by Gasteiger charge is -2.06. The molecule has 110 valence electrons. The van der Waals surface area contributed by atoms with Crippen molar-refractivity contribution in [2.45, 2.75) is 6.92 Å². The third-order valence-electron chi connectivity index (χ3n) is 2.52. The van der Waals surface area contributed by atoms with E-state index in [-0.39, 0.29) is 17.3 Å². The third kappa shape index (κ3) is 3.82. The van der Waals surface area contributed by atoms with Crippen LogP contribution >= 0.6 is 15.9 Å². The van der Waals surface area contributed by atoms with Gasteiger partial charge in [0.2, 0.25) is 5.95 Å². The number of rotatable bonds is 4. The number of hydrogen-bond donors (Lipinski definition) is 3. The fourth-order valence-electron chi connectivity index (χ4n) is 1.62. The second-order valence-electron chi connectivity index (χ2n) is 4.16. The van der Waals surface area contributed by atoms with Gasteiger partial charge in [0.25, 0.3) is 5.56 Å². The van der Waals surface area contributed by atoms with Crippen molar-refractivity contribution >= 4 is 28.1 Å². The van der Waals surface area contributed by atoms with Gasteiger partial charge in [0.05, 0.1) is 17.8 Å². The number of aromatic hydroxyl groups is 1. The van der Waals surface area contributed by atoms with Crippen LogP contribution in [0.25, 0.3) is 0 Å². The topological polar surface area (TPSA) is 99.6 Å². The van der Waals surface area contributed by atoms with Crippen molar-refractivity contribution in [2.24, 2.45) is 5.10 Å². The van der Waals surface area contributed by atoms with Gasteiger partial charge in [-0.1, -0.05) is 0 Å². The van der Waals surface area contributed by atoms with Crippen LogP contribution in [0.2, 0.25) is 0 Å². The van der Waals surface area contributed by atoms with Crippen molar-refractivity contribution in [2.75, 3.05) is 12.5 Å². The summed E-state index contributed by atoms with van der Waals surface area (Å²) in [6.45, 7) is 1.71. The number of hydrazone groups is 1. The van der Waals surface area contributed by atoms with Crippen molar-refractivity contribution in [3.05, 3.63) is 44.3 Å². The number of aromatic nitrogens is 2. The molecule has 0 radical (unpaired) electrons. The van der Waals surface area contributed by atoms with Crippen molar-refractivity contribution in [1.29, 1.82) is 0 Å². The molecule has 2 aromatic rings. The summed E-state index contributed by atoms with van der Waals surface area (Å²) in [4.78, 5) is 17.9. The van der Waals surface area contributed by atoms with Gasteiger partial charge in [-0.2, -0.15) is 5.10 Å². The van der Waals surface area contributed by atoms with Gasteiger partial charge in [-0.25, -0.2) is 10.4 Å². The largest absolute Gasteiger partial charge is 0.503 e. The maximum Gasteiger partial charge on any atom is 0.252 e. The van der Waals surface area contributed by atoms with E-state index in [1.54, 1.807) is 19.1 Å². The number of halogens is 1. The Morgan fingerprint density at radius 2 is 2.24 bits per heavy atom. The molecule has 21 heavy (non-hydrogen) atoms. The Kier molecular flexibility index (Phi) is 4.59. The van der Waals surface area contributed by atoms with E-state index >= 15 is 0 Å². The summed E-state index contributed by atoms with van der Waals surface area (Å²) in [5.74, 6) is 0.598. The van der Waals surface area contributed by atoms with Gasteiger partial charge in [-0.3, -0.25) is 9.78 Å². The molecule has 0 spiro atoms. The zero-order valence-electron chi connectivity index (χ0n) is 11.3. The van der Waals surface area contributed by atoms with E-state index in [0.717, 1.165) is 0 Å². The van der Waals surface area contributed by atoms with Crippen LogP contribution in [0.5, 0.6) is 11.5 Å². The molecule has 1 aromatic heterocycles. The van der Waals surface area contributed by atoms with Crippen LogP contribution in [-0.2, 0) is 0 Å². The predicted octanol–water partition coefficient (Wildman–Crippen LogP) is 2.00. The lowest BCUT2D eigenvalue weighted by atomic mass is 10.2. The Bertz CT molecular complexity index is 743. The molecule has 0 aliphatic rings. The Hall–Kier alpha value is -2.35. The first kappa shape index (κ1) is 15.0. The highest BCUT2D eigenvalue weighted by Gasteiger charge is 2.07. The quantitative estimate of drug-likeness (QED) is 0.577. The molecule has 0 saturated carbocycles. The van der Waals surface area contributed by atoms with Gasteiger partial charge in [0, 0.05) is 11.8 Å². The Morgan fingerprint density at radius 3 is 2.90 bits per heavy atom. The summed E-state index contributed by atoms with van der Waals surface area (Å²) in [7, 11) is 1.46. The van der Waals surface area contributed by atoms with E-state index in [1.165, 1.54) is 19.4 Å². The number of phenols is 1. The Balaban J connectivity index is 2.18. The highest BCUT2D eigenvalue weighted by molar-refractivity contribution is 9.10. The number of benzene rings is 1. The standard InChI is InChI=1S/C13H13BrN4O3/c1-7-3-11(19)17-13(16-7)18-15-6-8-4-9(14)12(20)10(5-8)21-2/h3-6,20H,1-2H3,(H2,16,17,18,19)/b15-6+. The van der Waals surface area contributed by atoms with Crippen LogP contribution in [0.4, 0.5) is 5.95 Å². The van der Waals surface area contributed by atoms with Crippen LogP contribution in [0.3, 0.4) is 0 Å². The average Bonchev–Trinajstić information content (AvgIpc) is 2.41. The summed E-state index contributed by atoms with van der Waals surface area (Å²) in [5, 5.41) is 13.7. The number of hydrogen-bond acceptors (Lipinski definition) is 6. The van der Waals surface area contributed by atoms with Gasteiger partial charge in [0.1, 0.15) is 0 Å². The first-order chi connectivity index (χ1) is 9.99. The van der Waals surface area contributed by atoms with Crippen molar-refractivity contribution in [1.82, 2.24) is 9.97 Å². The molecule has 0 atom stereocenters. The van der Waals surface area contributed by atoms with E-state index in [2.05, 4.69) is 36.4 Å². The van der Waals surface area contributed by atoms with E-state index in [0.29, 0.717) is 21.5 Å². The molecule has 1 heterocycles. The van der Waals surface area contributed by atoms with Crippen molar-refractivity contribution < 1.29 is 9.84 Å². The third-order valence-corrected chi connectivity index (χ3v) is 3.13. The molecule has 0 aliphatic heterocycles.